The third-order valence-electron chi connectivity index (χ3n) is 3.56. The monoisotopic (exact) mass is 239 g/mol. The van der Waals surface area contributed by atoms with E-state index in [4.69, 9.17) is 9.47 Å². The summed E-state index contributed by atoms with van der Waals surface area (Å²) in [6.07, 6.45) is 7.23. The molecule has 2 atom stereocenters. The molecule has 0 aromatic heterocycles. The number of rotatable bonds is 7. The van der Waals surface area contributed by atoms with E-state index in [2.05, 4.69) is 19.2 Å². The van der Waals surface area contributed by atoms with Gasteiger partial charge >= 0.3 is 0 Å². The molecule has 2 unspecified atom stereocenters. The molecule has 0 aromatic carbocycles. The van der Waals surface area contributed by atoms with Gasteiger partial charge in [0.2, 0.25) is 0 Å². The highest BCUT2D eigenvalue weighted by Crippen LogP contribution is 2.38. The van der Waals surface area contributed by atoms with Gasteiger partial charge in [0.05, 0.1) is 25.0 Å². The van der Waals surface area contributed by atoms with Gasteiger partial charge in [-0.3, -0.25) is 0 Å². The van der Waals surface area contributed by atoms with Crippen molar-refractivity contribution in [3.8, 4) is 0 Å². The molecular formula is C14H25NO2. The number of hydrogen-bond acceptors (Lipinski definition) is 3. The molecule has 2 aliphatic rings. The Kier molecular flexibility index (Phi) is 4.86. The van der Waals surface area contributed by atoms with E-state index >= 15 is 0 Å². The Morgan fingerprint density at radius 3 is 2.82 bits per heavy atom. The average Bonchev–Trinajstić information content (AvgIpc) is 3.19. The summed E-state index contributed by atoms with van der Waals surface area (Å²) in [4.78, 5) is 0. The number of hydrogen-bond donors (Lipinski definition) is 1. The summed E-state index contributed by atoms with van der Waals surface area (Å²) in [5, 5.41) is 3.59. The van der Waals surface area contributed by atoms with Crippen molar-refractivity contribution in [2.45, 2.75) is 51.7 Å². The molecule has 98 valence electrons. The molecule has 0 spiro atoms. The largest absolute Gasteiger partial charge is 0.501 e. The van der Waals surface area contributed by atoms with E-state index in [1.165, 1.54) is 18.4 Å². The van der Waals surface area contributed by atoms with Gasteiger partial charge in [-0.25, -0.2) is 0 Å². The quantitative estimate of drug-likeness (QED) is 0.740. The summed E-state index contributed by atoms with van der Waals surface area (Å²) >= 11 is 0. The van der Waals surface area contributed by atoms with E-state index in [0.717, 1.165) is 38.5 Å². The Hall–Kier alpha value is -0.540. The first-order valence-corrected chi connectivity index (χ1v) is 7.02. The fourth-order valence-electron chi connectivity index (χ4n) is 2.61. The SMILES string of the molecule is CCNC(C1=COCCC1)C(OCC)C1CC1. The van der Waals surface area contributed by atoms with Crippen LogP contribution in [-0.2, 0) is 9.47 Å². The predicted molar refractivity (Wildman–Crippen MR) is 68.9 cm³/mol. The molecule has 17 heavy (non-hydrogen) atoms. The first-order valence-electron chi connectivity index (χ1n) is 7.02. The van der Waals surface area contributed by atoms with Crippen molar-refractivity contribution in [3.63, 3.8) is 0 Å². The maximum atomic E-state index is 5.97. The van der Waals surface area contributed by atoms with Crippen LogP contribution in [-0.4, -0.2) is 31.9 Å². The summed E-state index contributed by atoms with van der Waals surface area (Å²) in [5.41, 5.74) is 1.39. The summed E-state index contributed by atoms with van der Waals surface area (Å²) in [6.45, 7) is 6.90. The molecule has 1 N–H and O–H groups in total. The highest BCUT2D eigenvalue weighted by atomic mass is 16.5. The molecule has 0 amide bonds. The number of ether oxygens (including phenoxy) is 2. The fraction of sp³-hybridized carbons (Fsp3) is 0.857. The Morgan fingerprint density at radius 1 is 1.47 bits per heavy atom. The topological polar surface area (TPSA) is 30.5 Å². The first kappa shape index (κ1) is 12.9. The van der Waals surface area contributed by atoms with Gasteiger partial charge in [-0.05, 0) is 50.6 Å². The van der Waals surface area contributed by atoms with Crippen molar-refractivity contribution in [3.05, 3.63) is 11.8 Å². The van der Waals surface area contributed by atoms with Gasteiger partial charge in [0.1, 0.15) is 0 Å². The average molecular weight is 239 g/mol. The molecule has 2 rings (SSSR count). The van der Waals surface area contributed by atoms with Gasteiger partial charge in [0, 0.05) is 6.61 Å². The molecule has 1 aliphatic heterocycles. The van der Waals surface area contributed by atoms with E-state index < -0.39 is 0 Å². The van der Waals surface area contributed by atoms with E-state index in [-0.39, 0.29) is 0 Å². The van der Waals surface area contributed by atoms with Crippen LogP contribution in [0.2, 0.25) is 0 Å². The zero-order valence-electron chi connectivity index (χ0n) is 11.1. The van der Waals surface area contributed by atoms with E-state index in [0.29, 0.717) is 12.1 Å². The van der Waals surface area contributed by atoms with E-state index in [9.17, 15) is 0 Å². The van der Waals surface area contributed by atoms with Gasteiger partial charge in [-0.15, -0.1) is 0 Å². The second kappa shape index (κ2) is 6.41. The summed E-state index contributed by atoms with van der Waals surface area (Å²) in [5.74, 6) is 0.752. The smallest absolute Gasteiger partial charge is 0.0876 e. The van der Waals surface area contributed by atoms with Crippen LogP contribution in [0.15, 0.2) is 11.8 Å². The minimum absolute atomic E-state index is 0.341. The molecule has 0 bridgehead atoms. The van der Waals surface area contributed by atoms with Crippen LogP contribution in [0.5, 0.6) is 0 Å². The Morgan fingerprint density at radius 2 is 2.29 bits per heavy atom. The van der Waals surface area contributed by atoms with Crippen LogP contribution in [0.3, 0.4) is 0 Å². The third-order valence-corrected chi connectivity index (χ3v) is 3.56. The van der Waals surface area contributed by atoms with Gasteiger partial charge in [-0.1, -0.05) is 6.92 Å². The molecule has 1 aliphatic carbocycles. The zero-order valence-corrected chi connectivity index (χ0v) is 11.1. The molecule has 3 nitrogen and oxygen atoms in total. The maximum absolute atomic E-state index is 5.97. The van der Waals surface area contributed by atoms with Gasteiger partial charge in [0.25, 0.3) is 0 Å². The lowest BCUT2D eigenvalue weighted by atomic mass is 9.94. The third kappa shape index (κ3) is 3.46. The minimum Gasteiger partial charge on any atom is -0.501 e. The highest BCUT2D eigenvalue weighted by molar-refractivity contribution is 5.14. The van der Waals surface area contributed by atoms with Crippen molar-refractivity contribution < 1.29 is 9.47 Å². The molecule has 1 fully saturated rings. The van der Waals surface area contributed by atoms with Crippen LogP contribution in [0.4, 0.5) is 0 Å². The van der Waals surface area contributed by atoms with E-state index in [1.54, 1.807) is 0 Å². The van der Waals surface area contributed by atoms with Gasteiger partial charge in [0.15, 0.2) is 0 Å². The lowest BCUT2D eigenvalue weighted by molar-refractivity contribution is 0.0253. The van der Waals surface area contributed by atoms with Crippen LogP contribution in [0.25, 0.3) is 0 Å². The number of nitrogens with one attached hydrogen (secondary N) is 1. The normalized spacial score (nSPS) is 23.8. The second-order valence-electron chi connectivity index (χ2n) is 4.96. The van der Waals surface area contributed by atoms with Crippen LogP contribution >= 0.6 is 0 Å². The van der Waals surface area contributed by atoms with Gasteiger partial charge < -0.3 is 14.8 Å². The van der Waals surface area contributed by atoms with Crippen molar-refractivity contribution in [2.24, 2.45) is 5.92 Å². The Bertz CT molecular complexity index is 261. The molecule has 3 heteroatoms. The van der Waals surface area contributed by atoms with Crippen molar-refractivity contribution in [1.29, 1.82) is 0 Å². The lowest BCUT2D eigenvalue weighted by Crippen LogP contribution is -2.44. The molecule has 1 heterocycles. The highest BCUT2D eigenvalue weighted by Gasteiger charge is 2.38. The molecule has 0 aromatic rings. The Labute approximate surface area is 105 Å². The van der Waals surface area contributed by atoms with Gasteiger partial charge in [-0.2, -0.15) is 0 Å². The fourth-order valence-corrected chi connectivity index (χ4v) is 2.61. The van der Waals surface area contributed by atoms with Crippen LogP contribution in [0.1, 0.15) is 39.5 Å². The zero-order chi connectivity index (χ0) is 12.1. The van der Waals surface area contributed by atoms with E-state index in [1.807, 2.05) is 6.26 Å². The molecule has 0 saturated heterocycles. The van der Waals surface area contributed by atoms with Crippen LogP contribution in [0, 0.1) is 5.92 Å². The summed E-state index contributed by atoms with van der Waals surface area (Å²) < 4.78 is 11.5. The maximum Gasteiger partial charge on any atom is 0.0876 e. The molecule has 0 radical (unpaired) electrons. The van der Waals surface area contributed by atoms with Crippen molar-refractivity contribution in [2.75, 3.05) is 19.8 Å². The second-order valence-corrected chi connectivity index (χ2v) is 4.96. The Balaban J connectivity index is 2.04. The van der Waals surface area contributed by atoms with Crippen molar-refractivity contribution >= 4 is 0 Å². The lowest BCUT2D eigenvalue weighted by Gasteiger charge is -2.31. The predicted octanol–water partition coefficient (Wildman–Crippen LogP) is 2.47. The molecular weight excluding hydrogens is 214 g/mol. The summed E-state index contributed by atoms with van der Waals surface area (Å²) in [6, 6.07) is 0.354. The van der Waals surface area contributed by atoms with Crippen LogP contribution < -0.4 is 5.32 Å². The minimum atomic E-state index is 0.341. The standard InChI is InChI=1S/C14H25NO2/c1-3-15-13(12-6-5-9-16-10-12)14(17-4-2)11-7-8-11/h10-11,13-15H,3-9H2,1-2H3. The first-order chi connectivity index (χ1) is 8.36. The van der Waals surface area contributed by atoms with Crippen molar-refractivity contribution in [1.82, 2.24) is 5.32 Å². The molecule has 1 saturated carbocycles. The summed E-state index contributed by atoms with van der Waals surface area (Å²) in [7, 11) is 0. The number of likely N-dealkylation sites (N-methyl/N-ethyl adjacent to an activating group) is 1.